The molecule has 0 spiro atoms. The highest BCUT2D eigenvalue weighted by Gasteiger charge is 2.23. The standard InChI is InChI=1S/C16H24N4O2/c1-3-4-7-17-14-5-6-15(18-12-14)16(22)20-10-8-19(9-11-20)13(2)21/h5-6,12,17H,3-4,7-11H2,1-2H3. The Kier molecular flexibility index (Phi) is 5.75. The minimum absolute atomic E-state index is 0.0627. The lowest BCUT2D eigenvalue weighted by molar-refractivity contribution is -0.130. The molecule has 0 bridgehead atoms. The second kappa shape index (κ2) is 7.77. The first-order valence-electron chi connectivity index (χ1n) is 7.86. The number of anilines is 1. The highest BCUT2D eigenvalue weighted by Crippen LogP contribution is 2.11. The van der Waals surface area contributed by atoms with Gasteiger partial charge in [-0.1, -0.05) is 13.3 Å². The van der Waals surface area contributed by atoms with Crippen LogP contribution >= 0.6 is 0 Å². The van der Waals surface area contributed by atoms with Crippen molar-refractivity contribution in [3.05, 3.63) is 24.0 Å². The third-order valence-corrected chi connectivity index (χ3v) is 3.85. The molecule has 1 aliphatic rings. The Labute approximate surface area is 131 Å². The average molecular weight is 304 g/mol. The van der Waals surface area contributed by atoms with Gasteiger partial charge in [-0.25, -0.2) is 4.98 Å². The molecule has 0 unspecified atom stereocenters. The van der Waals surface area contributed by atoms with Crippen LogP contribution in [0.15, 0.2) is 18.3 Å². The molecule has 2 amide bonds. The molecule has 6 nitrogen and oxygen atoms in total. The Hall–Kier alpha value is -2.11. The van der Waals surface area contributed by atoms with Crippen LogP contribution in [0, 0.1) is 0 Å². The van der Waals surface area contributed by atoms with E-state index in [4.69, 9.17) is 0 Å². The van der Waals surface area contributed by atoms with Crippen LogP contribution in [-0.2, 0) is 4.79 Å². The van der Waals surface area contributed by atoms with E-state index in [1.165, 1.54) is 0 Å². The molecule has 22 heavy (non-hydrogen) atoms. The molecule has 1 N–H and O–H groups in total. The maximum Gasteiger partial charge on any atom is 0.272 e. The van der Waals surface area contributed by atoms with E-state index in [1.807, 2.05) is 6.07 Å². The molecule has 1 saturated heterocycles. The van der Waals surface area contributed by atoms with Gasteiger partial charge in [0, 0.05) is 39.6 Å². The molecule has 1 aromatic heterocycles. The maximum absolute atomic E-state index is 12.4. The lowest BCUT2D eigenvalue weighted by atomic mass is 10.2. The van der Waals surface area contributed by atoms with Crippen molar-refractivity contribution in [1.29, 1.82) is 0 Å². The van der Waals surface area contributed by atoms with Gasteiger partial charge in [-0.15, -0.1) is 0 Å². The zero-order valence-corrected chi connectivity index (χ0v) is 13.3. The van der Waals surface area contributed by atoms with E-state index in [0.29, 0.717) is 31.9 Å². The zero-order chi connectivity index (χ0) is 15.9. The van der Waals surface area contributed by atoms with Gasteiger partial charge in [0.15, 0.2) is 0 Å². The van der Waals surface area contributed by atoms with Crippen LogP contribution in [0.2, 0.25) is 0 Å². The number of carbonyl (C=O) groups is 2. The van der Waals surface area contributed by atoms with Crippen molar-refractivity contribution in [2.75, 3.05) is 38.0 Å². The molecule has 1 fully saturated rings. The molecule has 0 radical (unpaired) electrons. The number of amides is 2. The van der Waals surface area contributed by atoms with Gasteiger partial charge >= 0.3 is 0 Å². The second-order valence-electron chi connectivity index (χ2n) is 5.51. The van der Waals surface area contributed by atoms with Crippen LogP contribution < -0.4 is 5.32 Å². The molecule has 1 aromatic rings. The van der Waals surface area contributed by atoms with E-state index in [1.54, 1.807) is 29.0 Å². The van der Waals surface area contributed by atoms with Gasteiger partial charge in [0.25, 0.3) is 5.91 Å². The van der Waals surface area contributed by atoms with E-state index in [2.05, 4.69) is 17.2 Å². The van der Waals surface area contributed by atoms with Crippen molar-refractivity contribution in [2.24, 2.45) is 0 Å². The summed E-state index contributed by atoms with van der Waals surface area (Å²) in [6, 6.07) is 3.65. The largest absolute Gasteiger partial charge is 0.384 e. The minimum Gasteiger partial charge on any atom is -0.384 e. The van der Waals surface area contributed by atoms with Crippen LogP contribution in [0.4, 0.5) is 5.69 Å². The number of aromatic nitrogens is 1. The summed E-state index contributed by atoms with van der Waals surface area (Å²) in [4.78, 5) is 31.5. The van der Waals surface area contributed by atoms with Gasteiger partial charge in [-0.05, 0) is 18.6 Å². The number of carbonyl (C=O) groups excluding carboxylic acids is 2. The molecule has 120 valence electrons. The van der Waals surface area contributed by atoms with Crippen molar-refractivity contribution in [3.63, 3.8) is 0 Å². The van der Waals surface area contributed by atoms with E-state index in [0.717, 1.165) is 25.1 Å². The number of unbranched alkanes of at least 4 members (excludes halogenated alkanes) is 1. The summed E-state index contributed by atoms with van der Waals surface area (Å²) in [7, 11) is 0. The molecule has 6 heteroatoms. The van der Waals surface area contributed by atoms with Crippen molar-refractivity contribution in [2.45, 2.75) is 26.7 Å². The normalized spacial score (nSPS) is 14.8. The quantitative estimate of drug-likeness (QED) is 0.839. The molecule has 0 aliphatic carbocycles. The highest BCUT2D eigenvalue weighted by atomic mass is 16.2. The number of hydrogen-bond donors (Lipinski definition) is 1. The zero-order valence-electron chi connectivity index (χ0n) is 13.3. The van der Waals surface area contributed by atoms with Crippen molar-refractivity contribution in [3.8, 4) is 0 Å². The number of nitrogens with one attached hydrogen (secondary N) is 1. The Morgan fingerprint density at radius 1 is 1.18 bits per heavy atom. The first-order valence-corrected chi connectivity index (χ1v) is 7.86. The number of rotatable bonds is 5. The van der Waals surface area contributed by atoms with Crippen molar-refractivity contribution >= 4 is 17.5 Å². The predicted molar refractivity (Wildman–Crippen MR) is 85.8 cm³/mol. The first kappa shape index (κ1) is 16.3. The fourth-order valence-corrected chi connectivity index (χ4v) is 2.42. The van der Waals surface area contributed by atoms with Crippen molar-refractivity contribution < 1.29 is 9.59 Å². The Balaban J connectivity index is 1.89. The monoisotopic (exact) mass is 304 g/mol. The van der Waals surface area contributed by atoms with Gasteiger partial charge in [0.05, 0.1) is 11.9 Å². The van der Waals surface area contributed by atoms with Crippen LogP contribution in [-0.4, -0.2) is 59.3 Å². The molecular formula is C16H24N4O2. The summed E-state index contributed by atoms with van der Waals surface area (Å²) in [5.41, 5.74) is 1.39. The summed E-state index contributed by atoms with van der Waals surface area (Å²) in [5.74, 6) is -0.00367. The van der Waals surface area contributed by atoms with Gasteiger partial charge in [-0.3, -0.25) is 9.59 Å². The molecule has 2 rings (SSSR count). The van der Waals surface area contributed by atoms with E-state index in [-0.39, 0.29) is 11.8 Å². The lowest BCUT2D eigenvalue weighted by Crippen LogP contribution is -2.50. The molecule has 2 heterocycles. The summed E-state index contributed by atoms with van der Waals surface area (Å²) < 4.78 is 0. The SMILES string of the molecule is CCCCNc1ccc(C(=O)N2CCN(C(C)=O)CC2)nc1. The molecular weight excluding hydrogens is 280 g/mol. The molecule has 0 atom stereocenters. The summed E-state index contributed by atoms with van der Waals surface area (Å²) >= 11 is 0. The lowest BCUT2D eigenvalue weighted by Gasteiger charge is -2.34. The number of hydrogen-bond acceptors (Lipinski definition) is 4. The topological polar surface area (TPSA) is 65.5 Å². The van der Waals surface area contributed by atoms with Gasteiger partial charge in [-0.2, -0.15) is 0 Å². The van der Waals surface area contributed by atoms with Crippen LogP contribution in [0.25, 0.3) is 0 Å². The Morgan fingerprint density at radius 2 is 1.86 bits per heavy atom. The number of piperazine rings is 1. The van der Waals surface area contributed by atoms with Crippen molar-refractivity contribution in [1.82, 2.24) is 14.8 Å². The molecule has 0 aromatic carbocycles. The fraction of sp³-hybridized carbons (Fsp3) is 0.562. The van der Waals surface area contributed by atoms with Crippen LogP contribution in [0.3, 0.4) is 0 Å². The Morgan fingerprint density at radius 3 is 2.41 bits per heavy atom. The van der Waals surface area contributed by atoms with E-state index in [9.17, 15) is 9.59 Å². The number of pyridine rings is 1. The predicted octanol–water partition coefficient (Wildman–Crippen LogP) is 1.60. The van der Waals surface area contributed by atoms with Crippen LogP contribution in [0.5, 0.6) is 0 Å². The summed E-state index contributed by atoms with van der Waals surface area (Å²) in [6.07, 6.45) is 3.96. The smallest absolute Gasteiger partial charge is 0.272 e. The fourth-order valence-electron chi connectivity index (χ4n) is 2.42. The number of nitrogens with zero attached hydrogens (tertiary/aromatic N) is 3. The summed E-state index contributed by atoms with van der Waals surface area (Å²) in [6.45, 7) is 6.94. The van der Waals surface area contributed by atoms with E-state index >= 15 is 0 Å². The Bertz CT molecular complexity index is 507. The summed E-state index contributed by atoms with van der Waals surface area (Å²) in [5, 5.41) is 3.28. The average Bonchev–Trinajstić information content (AvgIpc) is 2.55. The first-order chi connectivity index (χ1) is 10.6. The molecule has 0 saturated carbocycles. The van der Waals surface area contributed by atoms with E-state index < -0.39 is 0 Å². The van der Waals surface area contributed by atoms with Gasteiger partial charge in [0.1, 0.15) is 5.69 Å². The highest BCUT2D eigenvalue weighted by molar-refractivity contribution is 5.92. The second-order valence-corrected chi connectivity index (χ2v) is 5.51. The van der Waals surface area contributed by atoms with Crippen LogP contribution in [0.1, 0.15) is 37.2 Å². The minimum atomic E-state index is -0.0664. The maximum atomic E-state index is 12.4. The third kappa shape index (κ3) is 4.19. The van der Waals surface area contributed by atoms with Gasteiger partial charge in [0.2, 0.25) is 5.91 Å². The molecule has 1 aliphatic heterocycles. The third-order valence-electron chi connectivity index (χ3n) is 3.85. The van der Waals surface area contributed by atoms with Gasteiger partial charge < -0.3 is 15.1 Å².